The second-order valence-corrected chi connectivity index (χ2v) is 11.6. The number of anilines is 1. The van der Waals surface area contributed by atoms with Crippen molar-refractivity contribution in [1.82, 2.24) is 10.1 Å². The molecule has 37 heavy (non-hydrogen) atoms. The number of halogens is 1. The predicted molar refractivity (Wildman–Crippen MR) is 138 cm³/mol. The van der Waals surface area contributed by atoms with Gasteiger partial charge in [-0.3, -0.25) is 0 Å². The third-order valence-electron chi connectivity index (χ3n) is 5.86. The number of ether oxygens (including phenoxy) is 4. The first-order valence-corrected chi connectivity index (χ1v) is 13.9. The van der Waals surface area contributed by atoms with Crippen molar-refractivity contribution in [2.45, 2.75) is 25.2 Å². The first kappa shape index (κ1) is 25.7. The summed E-state index contributed by atoms with van der Waals surface area (Å²) in [6.45, 7) is 3.84. The van der Waals surface area contributed by atoms with E-state index in [0.717, 1.165) is 15.4 Å². The number of sulfonamides is 1. The van der Waals surface area contributed by atoms with E-state index in [9.17, 15) is 8.42 Å². The Kier molecular flexibility index (Phi) is 7.28. The molecule has 0 radical (unpaired) electrons. The average Bonchev–Trinajstić information content (AvgIpc) is 3.57. The van der Waals surface area contributed by atoms with Crippen molar-refractivity contribution in [3.05, 3.63) is 57.2 Å². The van der Waals surface area contributed by atoms with E-state index in [2.05, 4.69) is 10.1 Å². The van der Waals surface area contributed by atoms with Gasteiger partial charge in [0.1, 0.15) is 27.2 Å². The molecule has 0 saturated carbocycles. The minimum absolute atomic E-state index is 0.0877. The van der Waals surface area contributed by atoms with Crippen LogP contribution < -0.4 is 13.8 Å². The van der Waals surface area contributed by atoms with Crippen molar-refractivity contribution in [1.29, 1.82) is 0 Å². The molecule has 1 aromatic carbocycles. The normalized spacial score (nSPS) is 13.0. The molecule has 0 saturated heterocycles. The molecule has 0 N–H and O–H groups in total. The van der Waals surface area contributed by atoms with Crippen molar-refractivity contribution in [2.75, 3.05) is 38.2 Å². The van der Waals surface area contributed by atoms with Crippen molar-refractivity contribution in [3.8, 4) is 11.5 Å². The molecular formula is C24H24ClN3O7S2. The highest BCUT2D eigenvalue weighted by Crippen LogP contribution is 2.41. The molecular weight excluding hydrogens is 542 g/mol. The fraction of sp³-hybridized carbons (Fsp3) is 0.333. The third kappa shape index (κ3) is 4.87. The van der Waals surface area contributed by atoms with Gasteiger partial charge in [0.25, 0.3) is 15.9 Å². The molecule has 4 heterocycles. The van der Waals surface area contributed by atoms with Crippen LogP contribution in [0, 0.1) is 13.8 Å². The number of nitrogens with zero attached hydrogens (tertiary/aromatic N) is 3. The van der Waals surface area contributed by atoms with Gasteiger partial charge < -0.3 is 23.5 Å². The monoisotopic (exact) mass is 565 g/mol. The molecule has 10 nitrogen and oxygen atoms in total. The molecule has 0 unspecified atom stereocenters. The summed E-state index contributed by atoms with van der Waals surface area (Å²) in [4.78, 5) is 5.72. The Morgan fingerprint density at radius 1 is 1.19 bits per heavy atom. The molecule has 0 spiro atoms. The smallest absolute Gasteiger partial charge is 0.270 e. The predicted octanol–water partition coefficient (Wildman–Crippen LogP) is 4.69. The molecule has 13 heteroatoms. The molecule has 3 aromatic heterocycles. The largest absolute Gasteiger partial charge is 0.454 e. The van der Waals surface area contributed by atoms with Crippen molar-refractivity contribution >= 4 is 49.1 Å². The van der Waals surface area contributed by atoms with Crippen LogP contribution in [0.3, 0.4) is 0 Å². The molecule has 0 amide bonds. The molecule has 0 atom stereocenters. The van der Waals surface area contributed by atoms with Gasteiger partial charge in [-0.1, -0.05) is 16.8 Å². The van der Waals surface area contributed by atoms with Crippen molar-refractivity contribution in [3.63, 3.8) is 0 Å². The number of rotatable bonds is 10. The van der Waals surface area contributed by atoms with Gasteiger partial charge in [-0.15, -0.1) is 11.3 Å². The van der Waals surface area contributed by atoms with Gasteiger partial charge in [-0.25, -0.2) is 17.7 Å². The van der Waals surface area contributed by atoms with Crippen LogP contribution in [0.15, 0.2) is 39.9 Å². The van der Waals surface area contributed by atoms with Gasteiger partial charge in [0.15, 0.2) is 11.5 Å². The lowest BCUT2D eigenvalue weighted by molar-refractivity contribution is 0.0744. The molecule has 1 aliphatic heterocycles. The zero-order chi connectivity index (χ0) is 26.2. The number of methoxy groups -OCH3 is 1. The van der Waals surface area contributed by atoms with E-state index >= 15 is 0 Å². The summed E-state index contributed by atoms with van der Waals surface area (Å²) in [5, 5.41) is 4.43. The fourth-order valence-corrected chi connectivity index (χ4v) is 7.31. The summed E-state index contributed by atoms with van der Waals surface area (Å²) < 4.78 is 56.6. The summed E-state index contributed by atoms with van der Waals surface area (Å²) >= 11 is 7.71. The van der Waals surface area contributed by atoms with E-state index in [1.54, 1.807) is 25.3 Å². The highest BCUT2D eigenvalue weighted by atomic mass is 35.5. The quantitative estimate of drug-likeness (QED) is 0.199. The number of benzene rings is 1. The Bertz CT molecular complexity index is 1550. The number of aryl methyl sites for hydroxylation is 2. The summed E-state index contributed by atoms with van der Waals surface area (Å²) in [6, 6.07) is 7.21. The number of thiophene rings is 1. The highest BCUT2D eigenvalue weighted by Gasteiger charge is 2.36. The first-order valence-electron chi connectivity index (χ1n) is 11.3. The summed E-state index contributed by atoms with van der Waals surface area (Å²) in [5.74, 6) is 1.17. The van der Waals surface area contributed by atoms with Crippen molar-refractivity contribution < 1.29 is 31.9 Å². The fourth-order valence-electron chi connectivity index (χ4n) is 3.95. The van der Waals surface area contributed by atoms with Crippen LogP contribution in [0.1, 0.15) is 21.7 Å². The first-order chi connectivity index (χ1) is 17.8. The second kappa shape index (κ2) is 10.5. The Morgan fingerprint density at radius 3 is 2.70 bits per heavy atom. The van der Waals surface area contributed by atoms with Gasteiger partial charge in [-0.05, 0) is 49.2 Å². The number of pyridine rings is 1. The standard InChI is InChI=1S/C24H24ClN3O7S2/c1-14-9-18-19(34-13-33-18)10-16(14)11-20-22(17-5-4-6-26-23(17)36-20)37(29,30)28(12-32-8-7-31-3)24-21(25)15(2)27-35-24/h4-6,9-10H,7-8,11-13H2,1-3H3. The van der Waals surface area contributed by atoms with Crippen molar-refractivity contribution in [2.24, 2.45) is 0 Å². The molecule has 4 aromatic rings. The maximum absolute atomic E-state index is 14.3. The minimum atomic E-state index is -4.25. The molecule has 1 aliphatic rings. The maximum Gasteiger partial charge on any atom is 0.270 e. The van der Waals surface area contributed by atoms with E-state index in [1.807, 2.05) is 19.1 Å². The van der Waals surface area contributed by atoms with E-state index in [0.29, 0.717) is 38.7 Å². The van der Waals surface area contributed by atoms with E-state index in [-0.39, 0.29) is 42.5 Å². The summed E-state index contributed by atoms with van der Waals surface area (Å²) in [6.07, 6.45) is 1.97. The molecule has 0 aliphatic carbocycles. The van der Waals surface area contributed by atoms with Gasteiger partial charge in [-0.2, -0.15) is 0 Å². The summed E-state index contributed by atoms with van der Waals surface area (Å²) in [7, 11) is -2.71. The van der Waals surface area contributed by atoms with Crippen LogP contribution in [0.5, 0.6) is 11.5 Å². The second-order valence-electron chi connectivity index (χ2n) is 8.29. The van der Waals surface area contributed by atoms with Crippen LogP contribution in [0.2, 0.25) is 5.02 Å². The molecule has 0 bridgehead atoms. The lowest BCUT2D eigenvalue weighted by Crippen LogP contribution is -2.34. The lowest BCUT2D eigenvalue weighted by Gasteiger charge is -2.22. The van der Waals surface area contributed by atoms with Crippen LogP contribution >= 0.6 is 22.9 Å². The Hall–Kier alpha value is -2.90. The Balaban J connectivity index is 1.62. The lowest BCUT2D eigenvalue weighted by atomic mass is 10.0. The topological polar surface area (TPSA) is 113 Å². The van der Waals surface area contributed by atoms with Crippen LogP contribution in [0.25, 0.3) is 10.2 Å². The number of hydrogen-bond donors (Lipinski definition) is 0. The third-order valence-corrected chi connectivity index (χ3v) is 9.37. The van der Waals surface area contributed by atoms with E-state index in [4.69, 9.17) is 35.1 Å². The van der Waals surface area contributed by atoms with E-state index in [1.165, 1.54) is 18.4 Å². The van der Waals surface area contributed by atoms with E-state index < -0.39 is 10.0 Å². The van der Waals surface area contributed by atoms with Gasteiger partial charge in [0, 0.05) is 30.0 Å². The molecule has 5 rings (SSSR count). The SMILES string of the molecule is COCCOCN(c1onc(C)c1Cl)S(=O)(=O)c1c(Cc2cc3c(cc2C)OCO3)sc2ncccc12. The number of aromatic nitrogens is 2. The van der Waals surface area contributed by atoms with Gasteiger partial charge in [0.05, 0.1) is 13.2 Å². The number of hydrogen-bond acceptors (Lipinski definition) is 10. The Morgan fingerprint density at radius 2 is 1.97 bits per heavy atom. The highest BCUT2D eigenvalue weighted by molar-refractivity contribution is 7.93. The van der Waals surface area contributed by atoms with Crippen LogP contribution in [-0.2, 0) is 25.9 Å². The van der Waals surface area contributed by atoms with Gasteiger partial charge >= 0.3 is 0 Å². The van der Waals surface area contributed by atoms with Gasteiger partial charge in [0.2, 0.25) is 6.79 Å². The molecule has 0 fully saturated rings. The molecule has 196 valence electrons. The zero-order valence-corrected chi connectivity index (χ0v) is 22.7. The zero-order valence-electron chi connectivity index (χ0n) is 20.3. The van der Waals surface area contributed by atoms with Crippen LogP contribution in [0.4, 0.5) is 5.88 Å². The summed E-state index contributed by atoms with van der Waals surface area (Å²) in [5.41, 5.74) is 2.22. The Labute approximate surface area is 222 Å². The van der Waals surface area contributed by atoms with Crippen LogP contribution in [-0.4, -0.2) is 52.4 Å². The average molecular weight is 566 g/mol. The number of fused-ring (bicyclic) bond motifs is 2. The maximum atomic E-state index is 14.3. The minimum Gasteiger partial charge on any atom is -0.454 e.